The number of thioether (sulfide) groups is 1. The first-order chi connectivity index (χ1) is 24.5. The second-order valence-electron chi connectivity index (χ2n) is 13.4. The number of aliphatic hydroxyl groups excluding tert-OH is 1. The second-order valence-corrected chi connectivity index (χ2v) is 14.4. The van der Waals surface area contributed by atoms with Gasteiger partial charge in [-0.15, -0.1) is 11.8 Å². The Balaban J connectivity index is 1.37. The predicted octanol–water partition coefficient (Wildman–Crippen LogP) is 5.99. The molecule has 5 aromatic rings. The lowest BCUT2D eigenvalue weighted by molar-refractivity contribution is -0.124. The molecule has 9 nitrogen and oxygen atoms in total. The van der Waals surface area contributed by atoms with Gasteiger partial charge in [-0.1, -0.05) is 78.9 Å². The molecule has 0 aliphatic carbocycles. The largest absolute Gasteiger partial charge is 0.497 e. The summed E-state index contributed by atoms with van der Waals surface area (Å²) in [4.78, 5) is 46.1. The molecule has 1 aromatic heterocycles. The average Bonchev–Trinajstić information content (AvgIpc) is 3.13. The molecule has 0 aliphatic heterocycles. The van der Waals surface area contributed by atoms with Crippen LogP contribution in [-0.2, 0) is 17.6 Å². The van der Waals surface area contributed by atoms with Gasteiger partial charge in [0.1, 0.15) is 17.5 Å². The van der Waals surface area contributed by atoms with Crippen molar-refractivity contribution in [3.8, 4) is 5.75 Å². The molecule has 0 unspecified atom stereocenters. The van der Waals surface area contributed by atoms with Crippen molar-refractivity contribution in [2.45, 2.75) is 62.2 Å². The summed E-state index contributed by atoms with van der Waals surface area (Å²) in [5.74, 6) is -0.267. The number of carbonyl (C=O) groups is 3. The maximum atomic E-state index is 14.2. The summed E-state index contributed by atoms with van der Waals surface area (Å²) in [7, 11) is 1.58. The molecule has 1 heterocycles. The van der Waals surface area contributed by atoms with Crippen molar-refractivity contribution in [3.05, 3.63) is 138 Å². The number of ether oxygens (including phenoxy) is 1. The fourth-order valence-electron chi connectivity index (χ4n) is 5.55. The van der Waals surface area contributed by atoms with Gasteiger partial charge < -0.3 is 25.8 Å². The third-order valence-electron chi connectivity index (χ3n) is 8.17. The molecule has 0 saturated heterocycles. The number of aliphatic hydroxyl groups is 1. The molecule has 3 atom stereocenters. The van der Waals surface area contributed by atoms with Crippen LogP contribution in [0.1, 0.15) is 52.7 Å². The van der Waals surface area contributed by atoms with E-state index < -0.39 is 35.5 Å². The minimum atomic E-state index is -1.00. The highest BCUT2D eigenvalue weighted by molar-refractivity contribution is 7.99. The minimum Gasteiger partial charge on any atom is -0.497 e. The number of fused-ring (bicyclic) bond motifs is 1. The van der Waals surface area contributed by atoms with E-state index in [0.29, 0.717) is 23.3 Å². The SMILES string of the molecule is COc1ccc(C[C@H](NC(=O)c2ccc3ccccc3n2)C(=O)N[C@@H](Cc2ccccc2)[C@@H](O)CSc2ccccc2C(=O)NC(C)(C)C)cc1. The van der Waals surface area contributed by atoms with Crippen LogP contribution in [0.15, 0.2) is 120 Å². The molecular formula is C41H44N4O5S. The van der Waals surface area contributed by atoms with Crippen molar-refractivity contribution in [1.82, 2.24) is 20.9 Å². The van der Waals surface area contributed by atoms with E-state index in [1.165, 1.54) is 11.8 Å². The summed E-state index contributed by atoms with van der Waals surface area (Å²) in [5.41, 5.74) is 2.69. The van der Waals surface area contributed by atoms with Gasteiger partial charge in [0.25, 0.3) is 11.8 Å². The molecule has 3 amide bonds. The molecular weight excluding hydrogens is 661 g/mol. The summed E-state index contributed by atoms with van der Waals surface area (Å²) in [5, 5.41) is 21.5. The Morgan fingerprint density at radius 1 is 0.765 bits per heavy atom. The van der Waals surface area contributed by atoms with Crippen LogP contribution in [-0.4, -0.2) is 64.4 Å². The highest BCUT2D eigenvalue weighted by atomic mass is 32.2. The zero-order valence-electron chi connectivity index (χ0n) is 29.3. The first-order valence-electron chi connectivity index (χ1n) is 16.9. The number of nitrogens with zero attached hydrogens (tertiary/aromatic N) is 1. The smallest absolute Gasteiger partial charge is 0.270 e. The molecule has 0 radical (unpaired) electrons. The maximum absolute atomic E-state index is 14.2. The average molecular weight is 705 g/mol. The van der Waals surface area contributed by atoms with E-state index in [4.69, 9.17) is 4.74 Å². The highest BCUT2D eigenvalue weighted by Crippen LogP contribution is 2.25. The Hall–Kier alpha value is -5.19. The first kappa shape index (κ1) is 37.1. The molecule has 4 N–H and O–H groups in total. The zero-order valence-corrected chi connectivity index (χ0v) is 30.1. The van der Waals surface area contributed by atoms with E-state index >= 15 is 0 Å². The van der Waals surface area contributed by atoms with Crippen LogP contribution < -0.4 is 20.7 Å². The van der Waals surface area contributed by atoms with Crippen molar-refractivity contribution >= 4 is 40.4 Å². The van der Waals surface area contributed by atoms with Crippen LogP contribution in [0.2, 0.25) is 0 Å². The number of hydrogen-bond acceptors (Lipinski definition) is 7. The Morgan fingerprint density at radius 2 is 1.43 bits per heavy atom. The second kappa shape index (κ2) is 17.2. The minimum absolute atomic E-state index is 0.188. The zero-order chi connectivity index (χ0) is 36.4. The number of amides is 3. The van der Waals surface area contributed by atoms with Crippen LogP contribution in [0.25, 0.3) is 10.9 Å². The van der Waals surface area contributed by atoms with E-state index in [2.05, 4.69) is 20.9 Å². The fraction of sp³-hybridized carbons (Fsp3) is 0.268. The van der Waals surface area contributed by atoms with Crippen LogP contribution in [0.4, 0.5) is 0 Å². The number of rotatable bonds is 14. The Labute approximate surface area is 303 Å². The molecule has 264 valence electrons. The van der Waals surface area contributed by atoms with Gasteiger partial charge in [-0.2, -0.15) is 0 Å². The summed E-state index contributed by atoms with van der Waals surface area (Å²) in [6, 6.07) is 33.4. The van der Waals surface area contributed by atoms with E-state index in [-0.39, 0.29) is 23.8 Å². The van der Waals surface area contributed by atoms with Crippen LogP contribution in [0, 0.1) is 0 Å². The number of pyridine rings is 1. The van der Waals surface area contributed by atoms with Gasteiger partial charge in [-0.3, -0.25) is 14.4 Å². The van der Waals surface area contributed by atoms with Gasteiger partial charge in [0.15, 0.2) is 0 Å². The molecule has 0 fully saturated rings. The lowest BCUT2D eigenvalue weighted by Crippen LogP contribution is -2.54. The molecule has 0 aliphatic rings. The molecule has 0 bridgehead atoms. The highest BCUT2D eigenvalue weighted by Gasteiger charge is 2.29. The van der Waals surface area contributed by atoms with E-state index in [1.54, 1.807) is 37.4 Å². The first-order valence-corrected chi connectivity index (χ1v) is 17.8. The van der Waals surface area contributed by atoms with E-state index in [0.717, 1.165) is 21.4 Å². The van der Waals surface area contributed by atoms with Gasteiger partial charge >= 0.3 is 0 Å². The number of nitrogens with one attached hydrogen (secondary N) is 3. The van der Waals surface area contributed by atoms with Gasteiger partial charge in [-0.25, -0.2) is 4.98 Å². The monoisotopic (exact) mass is 704 g/mol. The molecule has 0 saturated carbocycles. The van der Waals surface area contributed by atoms with Gasteiger partial charge in [0.2, 0.25) is 5.91 Å². The van der Waals surface area contributed by atoms with Crippen LogP contribution >= 0.6 is 11.8 Å². The van der Waals surface area contributed by atoms with E-state index in [9.17, 15) is 19.5 Å². The standard InChI is InChI=1S/C41H44N4O5S/c1-41(2,3)45-38(47)31-15-9-11-17-37(31)51-26-36(46)34(24-27-12-6-5-7-13-27)43-40(49)35(25-28-18-21-30(50-4)22-19-28)44-39(48)33-23-20-29-14-8-10-16-32(29)42-33/h5-23,34-36,46H,24-26H2,1-4H3,(H,43,49)(H,44,48)(H,45,47)/t34-,35-,36-/m0/s1. The van der Waals surface area contributed by atoms with E-state index in [1.807, 2.05) is 106 Å². The molecule has 51 heavy (non-hydrogen) atoms. The topological polar surface area (TPSA) is 130 Å². The summed E-state index contributed by atoms with van der Waals surface area (Å²) < 4.78 is 5.30. The van der Waals surface area contributed by atoms with Crippen molar-refractivity contribution in [1.29, 1.82) is 0 Å². The third-order valence-corrected chi connectivity index (χ3v) is 9.35. The summed E-state index contributed by atoms with van der Waals surface area (Å²) in [6.07, 6.45) is -0.470. The number of methoxy groups -OCH3 is 1. The van der Waals surface area contributed by atoms with Crippen molar-refractivity contribution in [2.75, 3.05) is 12.9 Å². The van der Waals surface area contributed by atoms with Crippen molar-refractivity contribution in [2.24, 2.45) is 0 Å². The lowest BCUT2D eigenvalue weighted by atomic mass is 10.00. The number of hydrogen-bond donors (Lipinski definition) is 4. The van der Waals surface area contributed by atoms with Gasteiger partial charge in [-0.05, 0) is 74.7 Å². The molecule has 5 rings (SSSR count). The number of para-hydroxylation sites is 1. The number of aromatic nitrogens is 1. The Bertz CT molecular complexity index is 1950. The molecule has 10 heteroatoms. The molecule has 4 aromatic carbocycles. The number of carbonyl (C=O) groups excluding carboxylic acids is 3. The Kier molecular flexibility index (Phi) is 12.5. The predicted molar refractivity (Wildman–Crippen MR) is 202 cm³/mol. The normalized spacial score (nSPS) is 13.1. The fourth-order valence-corrected chi connectivity index (χ4v) is 6.62. The van der Waals surface area contributed by atoms with Gasteiger partial charge in [0.05, 0.1) is 30.3 Å². The quantitative estimate of drug-likeness (QED) is 0.105. The molecule has 0 spiro atoms. The lowest BCUT2D eigenvalue weighted by Gasteiger charge is -2.27. The van der Waals surface area contributed by atoms with Gasteiger partial charge in [0, 0.05) is 28.0 Å². The third kappa shape index (κ3) is 10.7. The summed E-state index contributed by atoms with van der Waals surface area (Å²) >= 11 is 1.35. The Morgan fingerprint density at radius 3 is 2.16 bits per heavy atom. The van der Waals surface area contributed by atoms with Crippen LogP contribution in [0.3, 0.4) is 0 Å². The summed E-state index contributed by atoms with van der Waals surface area (Å²) in [6.45, 7) is 5.76. The number of benzene rings is 4. The van der Waals surface area contributed by atoms with Crippen molar-refractivity contribution in [3.63, 3.8) is 0 Å². The van der Waals surface area contributed by atoms with Crippen LogP contribution in [0.5, 0.6) is 5.75 Å². The maximum Gasteiger partial charge on any atom is 0.270 e. The van der Waals surface area contributed by atoms with Crippen molar-refractivity contribution < 1.29 is 24.2 Å².